The van der Waals surface area contributed by atoms with Gasteiger partial charge in [0.25, 0.3) is 0 Å². The summed E-state index contributed by atoms with van der Waals surface area (Å²) in [5.41, 5.74) is 3.74. The lowest BCUT2D eigenvalue weighted by Crippen LogP contribution is -2.42. The molecule has 0 heterocycles. The van der Waals surface area contributed by atoms with Crippen molar-refractivity contribution < 1.29 is 4.79 Å². The highest BCUT2D eigenvalue weighted by Crippen LogP contribution is 2.17. The minimum absolute atomic E-state index is 0.103. The van der Waals surface area contributed by atoms with Gasteiger partial charge in [0.2, 0.25) is 5.91 Å². The van der Waals surface area contributed by atoms with Gasteiger partial charge in [0.15, 0.2) is 0 Å². The Labute approximate surface area is 110 Å². The first kappa shape index (κ1) is 14.7. The molecule has 0 bridgehead atoms. The van der Waals surface area contributed by atoms with Crippen molar-refractivity contribution in [1.29, 1.82) is 0 Å². The zero-order valence-electron chi connectivity index (χ0n) is 12.2. The van der Waals surface area contributed by atoms with Gasteiger partial charge in [-0.2, -0.15) is 0 Å². The Morgan fingerprint density at radius 1 is 1.11 bits per heavy atom. The van der Waals surface area contributed by atoms with Crippen LogP contribution in [0.5, 0.6) is 0 Å². The maximum absolute atomic E-state index is 11.8. The second kappa shape index (κ2) is 6.01. The molecule has 3 nitrogen and oxygen atoms in total. The average molecular weight is 248 g/mol. The van der Waals surface area contributed by atoms with Gasteiger partial charge in [-0.1, -0.05) is 29.3 Å². The second-order valence-corrected chi connectivity index (χ2v) is 5.26. The summed E-state index contributed by atoms with van der Waals surface area (Å²) >= 11 is 0. The Balaban J connectivity index is 2.76. The van der Waals surface area contributed by atoms with E-state index in [-0.39, 0.29) is 18.0 Å². The van der Waals surface area contributed by atoms with Gasteiger partial charge >= 0.3 is 0 Å². The van der Waals surface area contributed by atoms with Crippen LogP contribution in [0.15, 0.2) is 18.2 Å². The first-order valence-electron chi connectivity index (χ1n) is 6.36. The van der Waals surface area contributed by atoms with Gasteiger partial charge < -0.3 is 4.90 Å². The van der Waals surface area contributed by atoms with E-state index in [0.717, 1.165) is 0 Å². The van der Waals surface area contributed by atoms with E-state index in [1.807, 2.05) is 6.92 Å². The fourth-order valence-electron chi connectivity index (χ4n) is 2.19. The van der Waals surface area contributed by atoms with E-state index in [2.05, 4.69) is 44.3 Å². The highest BCUT2D eigenvalue weighted by Gasteiger charge is 2.17. The third-order valence-corrected chi connectivity index (χ3v) is 3.06. The van der Waals surface area contributed by atoms with Crippen molar-refractivity contribution in [3.8, 4) is 0 Å². The first-order valence-corrected chi connectivity index (χ1v) is 6.36. The van der Waals surface area contributed by atoms with E-state index >= 15 is 0 Å². The maximum atomic E-state index is 11.8. The van der Waals surface area contributed by atoms with Crippen LogP contribution in [-0.4, -0.2) is 30.9 Å². The Morgan fingerprint density at radius 2 is 1.61 bits per heavy atom. The van der Waals surface area contributed by atoms with Crippen LogP contribution in [0, 0.1) is 13.8 Å². The molecule has 0 saturated carbocycles. The average Bonchev–Trinajstić information content (AvgIpc) is 2.26. The molecule has 0 aliphatic carbocycles. The number of carbonyl (C=O) groups excluding carboxylic acids is 1. The van der Waals surface area contributed by atoms with Gasteiger partial charge in [-0.05, 0) is 33.3 Å². The number of carbonyl (C=O) groups is 1. The van der Waals surface area contributed by atoms with Crippen LogP contribution >= 0.6 is 0 Å². The van der Waals surface area contributed by atoms with Crippen LogP contribution in [0.4, 0.5) is 0 Å². The molecule has 1 aromatic carbocycles. The lowest BCUT2D eigenvalue weighted by atomic mass is 10.0. The van der Waals surface area contributed by atoms with Gasteiger partial charge in [0.1, 0.15) is 0 Å². The number of amides is 1. The van der Waals surface area contributed by atoms with E-state index in [0.29, 0.717) is 0 Å². The molecule has 0 radical (unpaired) electrons. The molecule has 0 aromatic heterocycles. The third kappa shape index (κ3) is 3.84. The summed E-state index contributed by atoms with van der Waals surface area (Å²) < 4.78 is 0. The van der Waals surface area contributed by atoms with Crippen LogP contribution in [0.1, 0.15) is 36.6 Å². The van der Waals surface area contributed by atoms with E-state index in [1.165, 1.54) is 16.7 Å². The summed E-state index contributed by atoms with van der Waals surface area (Å²) in [5, 5.41) is 3.34. The van der Waals surface area contributed by atoms with E-state index < -0.39 is 0 Å². The van der Waals surface area contributed by atoms with E-state index in [1.54, 1.807) is 19.0 Å². The second-order valence-electron chi connectivity index (χ2n) is 5.26. The molecule has 0 spiro atoms. The summed E-state index contributed by atoms with van der Waals surface area (Å²) in [4.78, 5) is 13.4. The summed E-state index contributed by atoms with van der Waals surface area (Å²) in [5.74, 6) is 0.103. The zero-order valence-corrected chi connectivity index (χ0v) is 12.2. The number of nitrogens with one attached hydrogen (secondary N) is 1. The van der Waals surface area contributed by atoms with Crippen molar-refractivity contribution in [2.45, 2.75) is 39.8 Å². The summed E-state index contributed by atoms with van der Waals surface area (Å²) in [6.45, 7) is 8.18. The number of hydrogen-bond acceptors (Lipinski definition) is 2. The lowest BCUT2D eigenvalue weighted by molar-refractivity contribution is -0.130. The van der Waals surface area contributed by atoms with Gasteiger partial charge in [0.05, 0.1) is 6.04 Å². The Kier molecular flexibility index (Phi) is 4.91. The van der Waals surface area contributed by atoms with Crippen LogP contribution < -0.4 is 5.32 Å². The molecule has 0 aliphatic rings. The smallest absolute Gasteiger partial charge is 0.238 e. The van der Waals surface area contributed by atoms with Gasteiger partial charge in [-0.3, -0.25) is 10.1 Å². The van der Waals surface area contributed by atoms with E-state index in [9.17, 15) is 4.79 Å². The Hall–Kier alpha value is -1.35. The quantitative estimate of drug-likeness (QED) is 0.887. The van der Waals surface area contributed by atoms with Crippen molar-refractivity contribution in [3.63, 3.8) is 0 Å². The highest BCUT2D eigenvalue weighted by atomic mass is 16.2. The van der Waals surface area contributed by atoms with Crippen LogP contribution in [-0.2, 0) is 4.79 Å². The number of hydrogen-bond donors (Lipinski definition) is 1. The molecule has 1 aromatic rings. The monoisotopic (exact) mass is 248 g/mol. The van der Waals surface area contributed by atoms with Crippen molar-refractivity contribution in [3.05, 3.63) is 34.9 Å². The van der Waals surface area contributed by atoms with Gasteiger partial charge in [0, 0.05) is 20.1 Å². The molecule has 2 unspecified atom stereocenters. The molecule has 1 amide bonds. The van der Waals surface area contributed by atoms with Gasteiger partial charge in [-0.15, -0.1) is 0 Å². The number of likely N-dealkylation sites (N-methyl/N-ethyl adjacent to an activating group) is 1. The Bertz CT molecular complexity index is 406. The molecule has 100 valence electrons. The number of rotatable bonds is 4. The van der Waals surface area contributed by atoms with Crippen LogP contribution in [0.2, 0.25) is 0 Å². The molecule has 1 N–H and O–H groups in total. The molecule has 0 fully saturated rings. The highest BCUT2D eigenvalue weighted by molar-refractivity contribution is 5.80. The summed E-state index contributed by atoms with van der Waals surface area (Å²) in [6.07, 6.45) is 0. The molecular weight excluding hydrogens is 224 g/mol. The standard InChI is InChI=1S/C15H24N2O/c1-10-7-11(2)9-14(8-10)12(3)16-13(4)15(18)17(5)6/h7-9,12-13,16H,1-6H3. The maximum Gasteiger partial charge on any atom is 0.238 e. The predicted octanol–water partition coefficient (Wildman–Crippen LogP) is 2.43. The minimum Gasteiger partial charge on any atom is -0.347 e. The minimum atomic E-state index is -0.171. The van der Waals surface area contributed by atoms with Crippen molar-refractivity contribution in [2.24, 2.45) is 0 Å². The fraction of sp³-hybridized carbons (Fsp3) is 0.533. The fourth-order valence-corrected chi connectivity index (χ4v) is 2.19. The molecular formula is C15H24N2O. The van der Waals surface area contributed by atoms with Gasteiger partial charge in [-0.25, -0.2) is 0 Å². The molecule has 2 atom stereocenters. The normalized spacial score (nSPS) is 14.1. The molecule has 1 rings (SSSR count). The van der Waals surface area contributed by atoms with Crippen molar-refractivity contribution in [2.75, 3.05) is 14.1 Å². The van der Waals surface area contributed by atoms with Crippen molar-refractivity contribution in [1.82, 2.24) is 10.2 Å². The molecule has 0 saturated heterocycles. The SMILES string of the molecule is Cc1cc(C)cc(C(C)NC(C)C(=O)N(C)C)c1. The summed E-state index contributed by atoms with van der Waals surface area (Å²) in [7, 11) is 3.56. The third-order valence-electron chi connectivity index (χ3n) is 3.06. The zero-order chi connectivity index (χ0) is 13.9. The molecule has 18 heavy (non-hydrogen) atoms. The summed E-state index contributed by atoms with van der Waals surface area (Å²) in [6, 6.07) is 6.48. The molecule has 3 heteroatoms. The topological polar surface area (TPSA) is 32.3 Å². The predicted molar refractivity (Wildman–Crippen MR) is 75.6 cm³/mol. The Morgan fingerprint density at radius 3 is 2.06 bits per heavy atom. The largest absolute Gasteiger partial charge is 0.347 e. The van der Waals surface area contributed by atoms with E-state index in [4.69, 9.17) is 0 Å². The molecule has 0 aliphatic heterocycles. The van der Waals surface area contributed by atoms with Crippen LogP contribution in [0.25, 0.3) is 0 Å². The van der Waals surface area contributed by atoms with Crippen molar-refractivity contribution >= 4 is 5.91 Å². The van der Waals surface area contributed by atoms with Crippen LogP contribution in [0.3, 0.4) is 0 Å². The number of aryl methyl sites for hydroxylation is 2. The number of benzene rings is 1. The first-order chi connectivity index (χ1) is 8.31. The number of nitrogens with zero attached hydrogens (tertiary/aromatic N) is 1. The lowest BCUT2D eigenvalue weighted by Gasteiger charge is -2.23.